The number of nitrogens with zero attached hydrogens (tertiary/aromatic N) is 4. The molecule has 0 radical (unpaired) electrons. The Labute approximate surface area is 174 Å². The smallest absolute Gasteiger partial charge is 0.274 e. The summed E-state index contributed by atoms with van der Waals surface area (Å²) in [5, 5.41) is 12.9. The zero-order valence-corrected chi connectivity index (χ0v) is 17.8. The van der Waals surface area contributed by atoms with Crippen LogP contribution in [0, 0.1) is 0 Å². The van der Waals surface area contributed by atoms with Gasteiger partial charge < -0.3 is 10.2 Å². The Bertz CT molecular complexity index is 961. The summed E-state index contributed by atoms with van der Waals surface area (Å²) in [6.07, 6.45) is 1.49. The fourth-order valence-electron chi connectivity index (χ4n) is 2.81. The fraction of sp³-hybridized carbons (Fsp3) is 0.333. The highest BCUT2D eigenvalue weighted by Gasteiger charge is 2.21. The van der Waals surface area contributed by atoms with Gasteiger partial charge in [0.25, 0.3) is 5.91 Å². The predicted molar refractivity (Wildman–Crippen MR) is 113 cm³/mol. The lowest BCUT2D eigenvalue weighted by atomic mass is 9.98. The Morgan fingerprint density at radius 1 is 1.14 bits per heavy atom. The minimum Gasteiger partial charge on any atom is -0.347 e. The first-order valence-electron chi connectivity index (χ1n) is 9.39. The maximum absolute atomic E-state index is 12.8. The van der Waals surface area contributed by atoms with Gasteiger partial charge >= 0.3 is 0 Å². The van der Waals surface area contributed by atoms with Crippen molar-refractivity contribution in [3.8, 4) is 0 Å². The zero-order valence-electron chi connectivity index (χ0n) is 17.0. The summed E-state index contributed by atoms with van der Waals surface area (Å²) in [6.45, 7) is 4.34. The maximum atomic E-state index is 12.8. The first kappa shape index (κ1) is 20.7. The van der Waals surface area contributed by atoms with E-state index in [1.807, 2.05) is 29.6 Å². The number of rotatable bonds is 7. The molecule has 0 spiro atoms. The van der Waals surface area contributed by atoms with Crippen molar-refractivity contribution in [2.24, 2.45) is 0 Å². The summed E-state index contributed by atoms with van der Waals surface area (Å²) in [5.74, 6) is -0.0119. The number of nitrogens with one attached hydrogen (secondary N) is 1. The van der Waals surface area contributed by atoms with Crippen LogP contribution in [0.1, 0.15) is 52.3 Å². The second-order valence-corrected chi connectivity index (χ2v) is 8.31. The highest BCUT2D eigenvalue weighted by atomic mass is 32.1. The fourth-order valence-corrected chi connectivity index (χ4v) is 3.61. The lowest BCUT2D eigenvalue weighted by Crippen LogP contribution is -2.29. The van der Waals surface area contributed by atoms with E-state index < -0.39 is 0 Å². The molecule has 0 aliphatic heterocycles. The van der Waals surface area contributed by atoms with E-state index in [-0.39, 0.29) is 30.1 Å². The Morgan fingerprint density at radius 3 is 2.41 bits per heavy atom. The summed E-state index contributed by atoms with van der Waals surface area (Å²) >= 11 is 1.58. The van der Waals surface area contributed by atoms with Gasteiger partial charge in [0.2, 0.25) is 5.91 Å². The van der Waals surface area contributed by atoms with Crippen LogP contribution < -0.4 is 5.32 Å². The van der Waals surface area contributed by atoms with Gasteiger partial charge in [-0.15, -0.1) is 16.4 Å². The summed E-state index contributed by atoms with van der Waals surface area (Å²) in [6, 6.07) is 12.0. The van der Waals surface area contributed by atoms with Crippen LogP contribution in [0.4, 0.5) is 0 Å². The first-order valence-corrected chi connectivity index (χ1v) is 10.3. The molecule has 3 rings (SSSR count). The van der Waals surface area contributed by atoms with Crippen molar-refractivity contribution in [3.05, 3.63) is 69.7 Å². The molecule has 0 aliphatic rings. The van der Waals surface area contributed by atoms with Crippen LogP contribution in [-0.4, -0.2) is 45.8 Å². The van der Waals surface area contributed by atoms with Gasteiger partial charge in [-0.1, -0.05) is 49.4 Å². The molecule has 0 saturated carbocycles. The van der Waals surface area contributed by atoms with E-state index in [4.69, 9.17) is 0 Å². The molecule has 1 unspecified atom stereocenters. The van der Waals surface area contributed by atoms with Crippen LogP contribution in [0.15, 0.2) is 48.0 Å². The number of hydrogen-bond acceptors (Lipinski definition) is 5. The molecule has 0 bridgehead atoms. The number of aromatic nitrogens is 3. The van der Waals surface area contributed by atoms with E-state index in [1.165, 1.54) is 21.3 Å². The molecule has 0 aliphatic carbocycles. The Hall–Kier alpha value is -3.00. The molecular formula is C21H25N5O2S. The first-order chi connectivity index (χ1) is 13.8. The number of carbonyl (C=O) groups is 2. The van der Waals surface area contributed by atoms with Crippen LogP contribution in [0.25, 0.3) is 0 Å². The van der Waals surface area contributed by atoms with E-state index in [9.17, 15) is 9.59 Å². The van der Waals surface area contributed by atoms with Gasteiger partial charge in [0.1, 0.15) is 6.54 Å². The maximum Gasteiger partial charge on any atom is 0.274 e. The monoisotopic (exact) mass is 411 g/mol. The molecule has 3 aromatic rings. The highest BCUT2D eigenvalue weighted by Crippen LogP contribution is 2.27. The molecule has 152 valence electrons. The van der Waals surface area contributed by atoms with E-state index in [0.717, 1.165) is 10.4 Å². The van der Waals surface area contributed by atoms with Crippen molar-refractivity contribution >= 4 is 23.2 Å². The predicted octanol–water partition coefficient (Wildman–Crippen LogP) is 3.07. The second-order valence-electron chi connectivity index (χ2n) is 7.33. The molecule has 0 saturated heterocycles. The number of benzene rings is 1. The standard InChI is InChI=1S/C21H25N5O2S/c1-14(2)15-7-9-16(10-8-15)20(18-6-5-11-29-18)22-21(28)17-12-26(24-23-17)13-19(27)25(3)4/h5-12,14,20H,13H2,1-4H3,(H,22,28). The van der Waals surface area contributed by atoms with Crippen LogP contribution >= 0.6 is 11.3 Å². The SMILES string of the molecule is CC(C)c1ccc(C(NC(=O)c2cn(CC(=O)N(C)C)nn2)c2cccs2)cc1. The van der Waals surface area contributed by atoms with Gasteiger partial charge in [-0.3, -0.25) is 9.59 Å². The van der Waals surface area contributed by atoms with E-state index in [0.29, 0.717) is 5.92 Å². The minimum absolute atomic E-state index is 0.0400. The van der Waals surface area contributed by atoms with E-state index >= 15 is 0 Å². The number of carbonyl (C=O) groups excluding carboxylic acids is 2. The van der Waals surface area contributed by atoms with E-state index in [2.05, 4.69) is 41.6 Å². The van der Waals surface area contributed by atoms with Crippen molar-refractivity contribution < 1.29 is 9.59 Å². The lowest BCUT2D eigenvalue weighted by Gasteiger charge is -2.18. The van der Waals surface area contributed by atoms with Crippen LogP contribution in [-0.2, 0) is 11.3 Å². The average molecular weight is 412 g/mol. The largest absolute Gasteiger partial charge is 0.347 e. The quantitative estimate of drug-likeness (QED) is 0.648. The molecular weight excluding hydrogens is 386 g/mol. The summed E-state index contributed by atoms with van der Waals surface area (Å²) in [5.41, 5.74) is 2.43. The van der Waals surface area contributed by atoms with Crippen molar-refractivity contribution in [2.75, 3.05) is 14.1 Å². The number of thiophene rings is 1. The van der Waals surface area contributed by atoms with Gasteiger partial charge in [0.05, 0.1) is 12.2 Å². The van der Waals surface area contributed by atoms with Crippen molar-refractivity contribution in [3.63, 3.8) is 0 Å². The molecule has 0 fully saturated rings. The van der Waals surface area contributed by atoms with Crippen molar-refractivity contribution in [2.45, 2.75) is 32.4 Å². The van der Waals surface area contributed by atoms with Crippen LogP contribution in [0.2, 0.25) is 0 Å². The molecule has 1 N–H and O–H groups in total. The van der Waals surface area contributed by atoms with Gasteiger partial charge in [-0.25, -0.2) is 4.68 Å². The summed E-state index contributed by atoms with van der Waals surface area (Å²) in [4.78, 5) is 27.1. The lowest BCUT2D eigenvalue weighted by molar-refractivity contribution is -0.129. The highest BCUT2D eigenvalue weighted by molar-refractivity contribution is 7.10. The number of amides is 2. The Kier molecular flexibility index (Phi) is 6.43. The third-order valence-electron chi connectivity index (χ3n) is 4.61. The average Bonchev–Trinajstić information content (AvgIpc) is 3.38. The van der Waals surface area contributed by atoms with E-state index in [1.54, 1.807) is 25.4 Å². The normalized spacial score (nSPS) is 12.0. The summed E-state index contributed by atoms with van der Waals surface area (Å²) < 4.78 is 1.37. The van der Waals surface area contributed by atoms with Gasteiger partial charge in [0, 0.05) is 19.0 Å². The summed E-state index contributed by atoms with van der Waals surface area (Å²) in [7, 11) is 3.34. The zero-order chi connectivity index (χ0) is 21.0. The molecule has 7 nitrogen and oxygen atoms in total. The van der Waals surface area contributed by atoms with Crippen molar-refractivity contribution in [1.82, 2.24) is 25.2 Å². The minimum atomic E-state index is -0.333. The van der Waals surface area contributed by atoms with Gasteiger partial charge in [-0.2, -0.15) is 0 Å². The Balaban J connectivity index is 1.79. The van der Waals surface area contributed by atoms with Crippen molar-refractivity contribution in [1.29, 1.82) is 0 Å². The van der Waals surface area contributed by atoms with Crippen LogP contribution in [0.5, 0.6) is 0 Å². The molecule has 29 heavy (non-hydrogen) atoms. The molecule has 2 amide bonds. The molecule has 2 aromatic heterocycles. The second kappa shape index (κ2) is 9.00. The number of likely N-dealkylation sites (N-methyl/N-ethyl adjacent to an activating group) is 1. The number of hydrogen-bond donors (Lipinski definition) is 1. The van der Waals surface area contributed by atoms with Gasteiger partial charge in [0.15, 0.2) is 5.69 Å². The molecule has 8 heteroatoms. The van der Waals surface area contributed by atoms with Crippen LogP contribution in [0.3, 0.4) is 0 Å². The Morgan fingerprint density at radius 2 is 1.83 bits per heavy atom. The molecule has 1 aromatic carbocycles. The van der Waals surface area contributed by atoms with Gasteiger partial charge in [-0.05, 0) is 28.5 Å². The third-order valence-corrected chi connectivity index (χ3v) is 5.54. The molecule has 1 atom stereocenters. The third kappa shape index (κ3) is 5.08. The molecule has 2 heterocycles. The topological polar surface area (TPSA) is 80.1 Å².